The summed E-state index contributed by atoms with van der Waals surface area (Å²) in [5, 5.41) is 0. The Morgan fingerprint density at radius 2 is 1.81 bits per heavy atom. The van der Waals surface area contributed by atoms with Crippen LogP contribution in [0.1, 0.15) is 22.3 Å². The summed E-state index contributed by atoms with van der Waals surface area (Å²) in [6.45, 7) is 3.31. The highest BCUT2D eigenvalue weighted by atomic mass is 19.1. The third-order valence-electron chi connectivity index (χ3n) is 4.69. The molecule has 0 bridgehead atoms. The van der Waals surface area contributed by atoms with E-state index in [9.17, 15) is 13.6 Å². The average molecular weight is 359 g/mol. The van der Waals surface area contributed by atoms with Crippen LogP contribution in [0.3, 0.4) is 0 Å². The Bertz CT molecular complexity index is 943. The van der Waals surface area contributed by atoms with Gasteiger partial charge in [-0.1, -0.05) is 6.07 Å². The molecule has 136 valence electrons. The fraction of sp³-hybridized carbons (Fsp3) is 0.263. The van der Waals surface area contributed by atoms with Gasteiger partial charge in [-0.15, -0.1) is 0 Å². The standard InChI is InChI=1S/C19H19F2N3O2/c1-10-8-13(15(21)9-14(10)20)19(17(25)24(3)18(22)23-19)12-5-6-16(26-4)11(2)7-12/h5-9H,1-4H3,(H2,22,23). The van der Waals surface area contributed by atoms with Gasteiger partial charge in [0.15, 0.2) is 11.5 Å². The smallest absolute Gasteiger partial charge is 0.266 e. The molecule has 2 aromatic rings. The van der Waals surface area contributed by atoms with Crippen LogP contribution in [0.4, 0.5) is 8.78 Å². The summed E-state index contributed by atoms with van der Waals surface area (Å²) in [7, 11) is 3.00. The number of carbonyl (C=O) groups excluding carboxylic acids is 1. The highest BCUT2D eigenvalue weighted by molar-refractivity contribution is 6.09. The van der Waals surface area contributed by atoms with Crippen molar-refractivity contribution in [2.24, 2.45) is 10.7 Å². The molecule has 1 heterocycles. The lowest BCUT2D eigenvalue weighted by molar-refractivity contribution is -0.129. The molecule has 2 N–H and O–H groups in total. The van der Waals surface area contributed by atoms with Gasteiger partial charge in [-0.3, -0.25) is 9.69 Å². The predicted molar refractivity (Wildman–Crippen MR) is 94.0 cm³/mol. The summed E-state index contributed by atoms with van der Waals surface area (Å²) in [5.74, 6) is -1.48. The number of nitrogens with two attached hydrogens (primary N) is 1. The van der Waals surface area contributed by atoms with E-state index in [2.05, 4.69) is 4.99 Å². The number of rotatable bonds is 3. The average Bonchev–Trinajstić information content (AvgIpc) is 2.83. The molecule has 7 heteroatoms. The Labute approximate surface area is 150 Å². The lowest BCUT2D eigenvalue weighted by Gasteiger charge is -2.27. The molecular formula is C19H19F2N3O2. The van der Waals surface area contributed by atoms with E-state index in [0.717, 1.165) is 16.5 Å². The number of methoxy groups -OCH3 is 1. The Hall–Kier alpha value is -2.96. The van der Waals surface area contributed by atoms with Crippen molar-refractivity contribution >= 4 is 11.9 Å². The van der Waals surface area contributed by atoms with E-state index in [4.69, 9.17) is 10.5 Å². The molecule has 1 amide bonds. The minimum absolute atomic E-state index is 0.0372. The van der Waals surface area contributed by atoms with Gasteiger partial charge in [-0.2, -0.15) is 0 Å². The number of carbonyl (C=O) groups is 1. The largest absolute Gasteiger partial charge is 0.496 e. The lowest BCUT2D eigenvalue weighted by Crippen LogP contribution is -2.41. The van der Waals surface area contributed by atoms with Gasteiger partial charge in [0.05, 0.1) is 7.11 Å². The number of aliphatic imine (C=N–C) groups is 1. The summed E-state index contributed by atoms with van der Waals surface area (Å²) in [4.78, 5) is 18.6. The lowest BCUT2D eigenvalue weighted by atomic mass is 9.81. The third-order valence-corrected chi connectivity index (χ3v) is 4.69. The van der Waals surface area contributed by atoms with E-state index in [1.807, 2.05) is 0 Å². The van der Waals surface area contributed by atoms with Crippen LogP contribution in [-0.4, -0.2) is 30.9 Å². The van der Waals surface area contributed by atoms with Crippen LogP contribution in [0.25, 0.3) is 0 Å². The number of likely N-dealkylation sites (N-methyl/N-ethyl adjacent to an activating group) is 1. The number of nitrogens with zero attached hydrogens (tertiary/aromatic N) is 2. The Kier molecular flexibility index (Phi) is 4.18. The molecular weight excluding hydrogens is 340 g/mol. The van der Waals surface area contributed by atoms with Crippen molar-refractivity contribution in [3.05, 3.63) is 64.2 Å². The van der Waals surface area contributed by atoms with Crippen LogP contribution in [0.15, 0.2) is 35.3 Å². The normalized spacial score (nSPS) is 19.7. The van der Waals surface area contributed by atoms with E-state index >= 15 is 0 Å². The number of amides is 1. The van der Waals surface area contributed by atoms with E-state index in [0.29, 0.717) is 11.3 Å². The number of guanidine groups is 1. The molecule has 0 aromatic heterocycles. The van der Waals surface area contributed by atoms with Gasteiger partial charge < -0.3 is 10.5 Å². The van der Waals surface area contributed by atoms with Gasteiger partial charge in [-0.05, 0) is 48.7 Å². The summed E-state index contributed by atoms with van der Waals surface area (Å²) in [5.41, 5.74) is 5.50. The highest BCUT2D eigenvalue weighted by Gasteiger charge is 2.51. The first-order chi connectivity index (χ1) is 12.2. The predicted octanol–water partition coefficient (Wildman–Crippen LogP) is 2.62. The van der Waals surface area contributed by atoms with Gasteiger partial charge in [0.2, 0.25) is 0 Å². The molecule has 1 aliphatic rings. The van der Waals surface area contributed by atoms with Crippen molar-refractivity contribution in [1.82, 2.24) is 4.90 Å². The van der Waals surface area contributed by atoms with Crippen molar-refractivity contribution in [2.75, 3.05) is 14.2 Å². The number of aryl methyl sites for hydroxylation is 2. The molecule has 26 heavy (non-hydrogen) atoms. The summed E-state index contributed by atoms with van der Waals surface area (Å²) in [6, 6.07) is 7.08. The molecule has 0 fully saturated rings. The summed E-state index contributed by atoms with van der Waals surface area (Å²) in [6.07, 6.45) is 0. The Balaban J connectivity index is 2.35. The van der Waals surface area contributed by atoms with E-state index in [1.54, 1.807) is 25.1 Å². The van der Waals surface area contributed by atoms with Crippen molar-refractivity contribution < 1.29 is 18.3 Å². The topological polar surface area (TPSA) is 67.9 Å². The molecule has 0 saturated heterocycles. The van der Waals surface area contributed by atoms with Gasteiger partial charge in [0.1, 0.15) is 17.4 Å². The number of hydrogen-bond donors (Lipinski definition) is 1. The number of ether oxygens (including phenoxy) is 1. The van der Waals surface area contributed by atoms with Crippen molar-refractivity contribution in [3.63, 3.8) is 0 Å². The van der Waals surface area contributed by atoms with Crippen LogP contribution in [-0.2, 0) is 10.3 Å². The zero-order valence-electron chi connectivity index (χ0n) is 14.9. The Morgan fingerprint density at radius 1 is 1.12 bits per heavy atom. The van der Waals surface area contributed by atoms with Gasteiger partial charge in [-0.25, -0.2) is 13.8 Å². The van der Waals surface area contributed by atoms with Crippen LogP contribution in [0.2, 0.25) is 0 Å². The molecule has 1 atom stereocenters. The molecule has 1 unspecified atom stereocenters. The minimum Gasteiger partial charge on any atom is -0.496 e. The molecule has 5 nitrogen and oxygen atoms in total. The van der Waals surface area contributed by atoms with Gasteiger partial charge in [0.25, 0.3) is 5.91 Å². The van der Waals surface area contributed by atoms with Crippen molar-refractivity contribution in [1.29, 1.82) is 0 Å². The second kappa shape index (κ2) is 6.09. The fourth-order valence-electron chi connectivity index (χ4n) is 3.20. The first kappa shape index (κ1) is 17.8. The van der Waals surface area contributed by atoms with Gasteiger partial charge in [0, 0.05) is 18.7 Å². The maximum atomic E-state index is 14.7. The summed E-state index contributed by atoms with van der Waals surface area (Å²) >= 11 is 0. The molecule has 3 rings (SSSR count). The van der Waals surface area contributed by atoms with Crippen molar-refractivity contribution in [2.45, 2.75) is 19.4 Å². The van der Waals surface area contributed by atoms with E-state index in [-0.39, 0.29) is 17.1 Å². The van der Waals surface area contributed by atoms with Crippen LogP contribution in [0, 0.1) is 25.5 Å². The second-order valence-corrected chi connectivity index (χ2v) is 6.31. The minimum atomic E-state index is -1.71. The SMILES string of the molecule is COc1ccc(C2(c3cc(C)c(F)cc3F)N=C(N)N(C)C2=O)cc1C. The zero-order valence-corrected chi connectivity index (χ0v) is 14.9. The molecule has 0 aliphatic carbocycles. The van der Waals surface area contributed by atoms with Crippen molar-refractivity contribution in [3.8, 4) is 5.75 Å². The summed E-state index contributed by atoms with van der Waals surface area (Å²) < 4.78 is 33.8. The van der Waals surface area contributed by atoms with Crippen LogP contribution < -0.4 is 10.5 Å². The first-order valence-corrected chi connectivity index (χ1v) is 7.97. The maximum absolute atomic E-state index is 14.7. The molecule has 0 spiro atoms. The second-order valence-electron chi connectivity index (χ2n) is 6.31. The van der Waals surface area contributed by atoms with E-state index in [1.165, 1.54) is 27.1 Å². The number of halogens is 2. The fourth-order valence-corrected chi connectivity index (χ4v) is 3.20. The highest BCUT2D eigenvalue weighted by Crippen LogP contribution is 2.42. The number of hydrogen-bond acceptors (Lipinski definition) is 4. The quantitative estimate of drug-likeness (QED) is 0.916. The number of benzene rings is 2. The third kappa shape index (κ3) is 2.42. The van der Waals surface area contributed by atoms with Gasteiger partial charge >= 0.3 is 0 Å². The molecule has 2 aromatic carbocycles. The molecule has 1 aliphatic heterocycles. The van der Waals surface area contributed by atoms with Crippen LogP contribution in [0.5, 0.6) is 5.75 Å². The zero-order chi connectivity index (χ0) is 19.2. The molecule has 0 radical (unpaired) electrons. The first-order valence-electron chi connectivity index (χ1n) is 7.97. The van der Waals surface area contributed by atoms with E-state index < -0.39 is 23.1 Å². The Morgan fingerprint density at radius 3 is 2.35 bits per heavy atom. The van der Waals surface area contributed by atoms with Crippen LogP contribution >= 0.6 is 0 Å². The molecule has 0 saturated carbocycles. The monoisotopic (exact) mass is 359 g/mol. The maximum Gasteiger partial charge on any atom is 0.266 e.